The molecule has 3 rings (SSSR count). The van der Waals surface area contributed by atoms with Gasteiger partial charge in [0.15, 0.2) is 11.5 Å². The molecule has 0 unspecified atom stereocenters. The van der Waals surface area contributed by atoms with Crippen LogP contribution in [0, 0.1) is 6.92 Å². The Bertz CT molecular complexity index is 914. The van der Waals surface area contributed by atoms with E-state index in [9.17, 15) is 8.42 Å². The lowest BCUT2D eigenvalue weighted by atomic mass is 10.3. The van der Waals surface area contributed by atoms with Gasteiger partial charge in [-0.25, -0.2) is 13.4 Å². The molecule has 0 radical (unpaired) electrons. The maximum absolute atomic E-state index is 12.4. The highest BCUT2D eigenvalue weighted by Gasteiger charge is 2.16. The zero-order valence-electron chi connectivity index (χ0n) is 12.0. The molecular formula is C15H14N2O4S. The standard InChI is InChI=1S/C15H14N2O4S/c1-10-16-14-9-13(7-8-15(14)21-10)22(18,19)17-11-3-5-12(20-2)6-4-11/h3-9,17H,1-2H3. The summed E-state index contributed by atoms with van der Waals surface area (Å²) in [5, 5.41) is 0. The van der Waals surface area contributed by atoms with Crippen molar-refractivity contribution in [3.63, 3.8) is 0 Å². The van der Waals surface area contributed by atoms with Crippen molar-refractivity contribution in [3.05, 3.63) is 48.4 Å². The maximum Gasteiger partial charge on any atom is 0.261 e. The van der Waals surface area contributed by atoms with E-state index in [2.05, 4.69) is 9.71 Å². The molecule has 0 aliphatic heterocycles. The second kappa shape index (κ2) is 5.34. The maximum atomic E-state index is 12.4. The fourth-order valence-corrected chi connectivity index (χ4v) is 3.14. The van der Waals surface area contributed by atoms with E-state index in [4.69, 9.17) is 9.15 Å². The van der Waals surface area contributed by atoms with Crippen molar-refractivity contribution in [2.45, 2.75) is 11.8 Å². The fourth-order valence-electron chi connectivity index (χ4n) is 2.06. The predicted octanol–water partition coefficient (Wildman–Crippen LogP) is 2.95. The first-order valence-electron chi connectivity index (χ1n) is 6.52. The van der Waals surface area contributed by atoms with E-state index in [0.29, 0.717) is 28.4 Å². The number of anilines is 1. The summed E-state index contributed by atoms with van der Waals surface area (Å²) in [6.07, 6.45) is 0. The van der Waals surface area contributed by atoms with Gasteiger partial charge in [-0.05, 0) is 42.5 Å². The van der Waals surface area contributed by atoms with Gasteiger partial charge in [-0.2, -0.15) is 0 Å². The molecule has 0 bridgehead atoms. The minimum atomic E-state index is -3.69. The molecule has 1 N–H and O–H groups in total. The Morgan fingerprint density at radius 1 is 1.14 bits per heavy atom. The molecule has 1 heterocycles. The predicted molar refractivity (Wildman–Crippen MR) is 82.5 cm³/mol. The van der Waals surface area contributed by atoms with Crippen LogP contribution in [0.25, 0.3) is 11.1 Å². The molecule has 6 nitrogen and oxygen atoms in total. The molecule has 7 heteroatoms. The van der Waals surface area contributed by atoms with Gasteiger partial charge < -0.3 is 9.15 Å². The van der Waals surface area contributed by atoms with Gasteiger partial charge in [-0.15, -0.1) is 0 Å². The molecule has 0 spiro atoms. The van der Waals surface area contributed by atoms with Gasteiger partial charge >= 0.3 is 0 Å². The summed E-state index contributed by atoms with van der Waals surface area (Å²) >= 11 is 0. The van der Waals surface area contributed by atoms with Gasteiger partial charge in [0.05, 0.1) is 12.0 Å². The van der Waals surface area contributed by atoms with Crippen LogP contribution in [0.15, 0.2) is 51.8 Å². The van der Waals surface area contributed by atoms with Gasteiger partial charge in [0.1, 0.15) is 11.3 Å². The summed E-state index contributed by atoms with van der Waals surface area (Å²) in [6.45, 7) is 1.71. The van der Waals surface area contributed by atoms with Crippen molar-refractivity contribution < 1.29 is 17.6 Å². The Kier molecular flexibility index (Phi) is 3.50. The van der Waals surface area contributed by atoms with Crippen LogP contribution < -0.4 is 9.46 Å². The highest BCUT2D eigenvalue weighted by molar-refractivity contribution is 7.92. The first-order valence-corrected chi connectivity index (χ1v) is 8.00. The van der Waals surface area contributed by atoms with Gasteiger partial charge in [0, 0.05) is 12.6 Å². The second-order valence-corrected chi connectivity index (χ2v) is 6.38. The van der Waals surface area contributed by atoms with Crippen molar-refractivity contribution in [1.82, 2.24) is 4.98 Å². The quantitative estimate of drug-likeness (QED) is 0.800. The van der Waals surface area contributed by atoms with E-state index in [1.54, 1.807) is 44.4 Å². The number of sulfonamides is 1. The number of methoxy groups -OCH3 is 1. The van der Waals surface area contributed by atoms with E-state index in [1.165, 1.54) is 12.1 Å². The van der Waals surface area contributed by atoms with Crippen LogP contribution in [0.4, 0.5) is 5.69 Å². The number of ether oxygens (including phenoxy) is 1. The number of benzene rings is 2. The largest absolute Gasteiger partial charge is 0.497 e. The van der Waals surface area contributed by atoms with Gasteiger partial charge in [0.25, 0.3) is 10.0 Å². The molecule has 114 valence electrons. The smallest absolute Gasteiger partial charge is 0.261 e. The molecule has 0 saturated carbocycles. The molecule has 0 atom stereocenters. The minimum Gasteiger partial charge on any atom is -0.497 e. The number of oxazole rings is 1. The Morgan fingerprint density at radius 2 is 1.86 bits per heavy atom. The molecule has 0 amide bonds. The van der Waals surface area contributed by atoms with Gasteiger partial charge in [-0.1, -0.05) is 0 Å². The number of nitrogens with zero attached hydrogens (tertiary/aromatic N) is 1. The summed E-state index contributed by atoms with van der Waals surface area (Å²) in [7, 11) is -2.14. The lowest BCUT2D eigenvalue weighted by Crippen LogP contribution is -2.12. The van der Waals surface area contributed by atoms with E-state index in [-0.39, 0.29) is 4.90 Å². The number of aromatic nitrogens is 1. The first-order chi connectivity index (χ1) is 10.5. The van der Waals surface area contributed by atoms with Crippen molar-refractivity contribution >= 4 is 26.8 Å². The lowest BCUT2D eigenvalue weighted by Gasteiger charge is -2.08. The van der Waals surface area contributed by atoms with E-state index in [0.717, 1.165) is 0 Å². The zero-order chi connectivity index (χ0) is 15.7. The summed E-state index contributed by atoms with van der Waals surface area (Å²) in [4.78, 5) is 4.27. The highest BCUT2D eigenvalue weighted by Crippen LogP contribution is 2.23. The fraction of sp³-hybridized carbons (Fsp3) is 0.133. The Labute approximate surface area is 127 Å². The van der Waals surface area contributed by atoms with Crippen molar-refractivity contribution in [3.8, 4) is 5.75 Å². The highest BCUT2D eigenvalue weighted by atomic mass is 32.2. The number of rotatable bonds is 4. The zero-order valence-corrected chi connectivity index (χ0v) is 12.8. The molecule has 22 heavy (non-hydrogen) atoms. The Morgan fingerprint density at radius 3 is 2.55 bits per heavy atom. The minimum absolute atomic E-state index is 0.129. The average molecular weight is 318 g/mol. The van der Waals surface area contributed by atoms with E-state index in [1.807, 2.05) is 0 Å². The van der Waals surface area contributed by atoms with E-state index < -0.39 is 10.0 Å². The van der Waals surface area contributed by atoms with Crippen LogP contribution in [-0.4, -0.2) is 20.5 Å². The number of fused-ring (bicyclic) bond motifs is 1. The summed E-state index contributed by atoms with van der Waals surface area (Å²) in [6, 6.07) is 11.2. The van der Waals surface area contributed by atoms with Crippen LogP contribution in [0.3, 0.4) is 0 Å². The van der Waals surface area contributed by atoms with Crippen LogP contribution in [0.2, 0.25) is 0 Å². The van der Waals surface area contributed by atoms with Gasteiger partial charge in [-0.3, -0.25) is 4.72 Å². The van der Waals surface area contributed by atoms with Crippen LogP contribution in [-0.2, 0) is 10.0 Å². The molecule has 2 aromatic carbocycles. The SMILES string of the molecule is COc1ccc(NS(=O)(=O)c2ccc3oc(C)nc3c2)cc1. The molecule has 0 aliphatic rings. The third-order valence-corrected chi connectivity index (χ3v) is 4.50. The molecule has 3 aromatic rings. The van der Waals surface area contributed by atoms with Crippen LogP contribution in [0.1, 0.15) is 5.89 Å². The van der Waals surface area contributed by atoms with Crippen LogP contribution in [0.5, 0.6) is 5.75 Å². The number of hydrogen-bond acceptors (Lipinski definition) is 5. The van der Waals surface area contributed by atoms with Crippen molar-refractivity contribution in [1.29, 1.82) is 0 Å². The van der Waals surface area contributed by atoms with Crippen LogP contribution >= 0.6 is 0 Å². The number of nitrogens with one attached hydrogen (secondary N) is 1. The molecule has 0 fully saturated rings. The molecule has 1 aromatic heterocycles. The number of hydrogen-bond donors (Lipinski definition) is 1. The monoisotopic (exact) mass is 318 g/mol. The topological polar surface area (TPSA) is 81.4 Å². The third-order valence-electron chi connectivity index (χ3n) is 3.12. The third kappa shape index (κ3) is 2.75. The van der Waals surface area contributed by atoms with E-state index >= 15 is 0 Å². The molecular weight excluding hydrogens is 304 g/mol. The Balaban J connectivity index is 1.92. The van der Waals surface area contributed by atoms with Crippen molar-refractivity contribution in [2.75, 3.05) is 11.8 Å². The molecule has 0 saturated heterocycles. The average Bonchev–Trinajstić information content (AvgIpc) is 2.86. The first kappa shape index (κ1) is 14.4. The summed E-state index contributed by atoms with van der Waals surface area (Å²) in [5.74, 6) is 1.15. The lowest BCUT2D eigenvalue weighted by molar-refractivity contribution is 0.415. The normalized spacial score (nSPS) is 11.5. The second-order valence-electron chi connectivity index (χ2n) is 4.70. The number of aryl methyl sites for hydroxylation is 1. The summed E-state index contributed by atoms with van der Waals surface area (Å²) < 4.78 is 37.7. The Hall–Kier alpha value is -2.54. The van der Waals surface area contributed by atoms with Gasteiger partial charge in [0.2, 0.25) is 0 Å². The summed E-state index contributed by atoms with van der Waals surface area (Å²) in [5.41, 5.74) is 1.52. The molecule has 0 aliphatic carbocycles. The van der Waals surface area contributed by atoms with Crippen molar-refractivity contribution in [2.24, 2.45) is 0 Å².